The van der Waals surface area contributed by atoms with E-state index < -0.39 is 18.0 Å². The number of piperazine rings is 1. The Labute approximate surface area is 230 Å². The highest BCUT2D eigenvalue weighted by Crippen LogP contribution is 2.33. The van der Waals surface area contributed by atoms with Crippen molar-refractivity contribution in [3.05, 3.63) is 53.7 Å². The maximum atomic E-state index is 12.6. The van der Waals surface area contributed by atoms with Crippen LogP contribution in [-0.2, 0) is 20.9 Å². The normalized spacial score (nSPS) is 17.9. The molecule has 2 aliphatic rings. The predicted octanol–water partition coefficient (Wildman–Crippen LogP) is 1.77. The van der Waals surface area contributed by atoms with E-state index in [2.05, 4.69) is 21.3 Å². The van der Waals surface area contributed by atoms with Gasteiger partial charge in [0.15, 0.2) is 5.88 Å². The number of carbonyl (C=O) groups excluding carboxylic acids is 4. The number of anilines is 1. The Kier molecular flexibility index (Phi) is 7.99. The molecule has 1 aromatic heterocycles. The number of piperidine rings is 1. The molecule has 2 fully saturated rings. The van der Waals surface area contributed by atoms with Crippen LogP contribution in [0.1, 0.15) is 30.0 Å². The van der Waals surface area contributed by atoms with Crippen molar-refractivity contribution in [3.63, 3.8) is 0 Å². The molecular formula is C28H32N6O6. The molecule has 0 saturated carbocycles. The van der Waals surface area contributed by atoms with Crippen molar-refractivity contribution in [2.45, 2.75) is 32.4 Å². The summed E-state index contributed by atoms with van der Waals surface area (Å²) in [5.74, 6) is -0.773. The minimum atomic E-state index is -0.668. The first-order valence-electron chi connectivity index (χ1n) is 13.2. The third-order valence-electron chi connectivity index (χ3n) is 7.11. The molecule has 4 amide bonds. The van der Waals surface area contributed by atoms with Crippen LogP contribution in [0.5, 0.6) is 11.6 Å². The van der Waals surface area contributed by atoms with Gasteiger partial charge in [0.2, 0.25) is 11.8 Å². The lowest BCUT2D eigenvalue weighted by molar-refractivity contribution is -0.137. The zero-order valence-corrected chi connectivity index (χ0v) is 22.2. The Bertz CT molecular complexity index is 1460. The van der Waals surface area contributed by atoms with E-state index in [1.54, 1.807) is 36.5 Å². The van der Waals surface area contributed by atoms with E-state index in [1.165, 1.54) is 4.57 Å². The summed E-state index contributed by atoms with van der Waals surface area (Å²) in [5, 5.41) is 23.0. The van der Waals surface area contributed by atoms with Crippen LogP contribution in [0.15, 0.2) is 42.6 Å². The van der Waals surface area contributed by atoms with Crippen LogP contribution in [0.25, 0.3) is 10.8 Å². The molecule has 2 saturated heterocycles. The second-order valence-electron chi connectivity index (χ2n) is 10.0. The Morgan fingerprint density at radius 1 is 1.12 bits per heavy atom. The Morgan fingerprint density at radius 3 is 2.70 bits per heavy atom. The van der Waals surface area contributed by atoms with E-state index in [0.29, 0.717) is 28.6 Å². The largest absolute Gasteiger partial charge is 0.494 e. The number of aromatic hydroxyl groups is 1. The van der Waals surface area contributed by atoms with Crippen LogP contribution >= 0.6 is 0 Å². The van der Waals surface area contributed by atoms with Gasteiger partial charge in [-0.15, -0.1) is 0 Å². The Balaban J connectivity index is 1.18. The number of esters is 1. The van der Waals surface area contributed by atoms with Gasteiger partial charge in [-0.3, -0.25) is 24.6 Å². The number of amides is 4. The summed E-state index contributed by atoms with van der Waals surface area (Å²) >= 11 is 0. The fourth-order valence-corrected chi connectivity index (χ4v) is 4.92. The van der Waals surface area contributed by atoms with Gasteiger partial charge in [0, 0.05) is 67.9 Å². The summed E-state index contributed by atoms with van der Waals surface area (Å²) in [5.41, 5.74) is 2.05. The lowest BCUT2D eigenvalue weighted by atomic mass is 10.1. The molecule has 2 aromatic carbocycles. The van der Waals surface area contributed by atoms with Crippen LogP contribution in [0.4, 0.5) is 10.5 Å². The Morgan fingerprint density at radius 2 is 1.93 bits per heavy atom. The summed E-state index contributed by atoms with van der Waals surface area (Å²) in [6.07, 6.45) is 2.19. The third kappa shape index (κ3) is 6.24. The monoisotopic (exact) mass is 548 g/mol. The zero-order chi connectivity index (χ0) is 28.2. The van der Waals surface area contributed by atoms with Crippen LogP contribution in [0.3, 0.4) is 0 Å². The number of hydrogen-bond donors (Lipinski definition) is 5. The van der Waals surface area contributed by atoms with Crippen molar-refractivity contribution < 1.29 is 29.0 Å². The number of ether oxygens (including phenoxy) is 1. The van der Waals surface area contributed by atoms with E-state index >= 15 is 0 Å². The fourth-order valence-electron chi connectivity index (χ4n) is 4.92. The molecule has 12 heteroatoms. The first-order chi connectivity index (χ1) is 19.3. The summed E-state index contributed by atoms with van der Waals surface area (Å²) in [6, 6.07) is 9.34. The predicted molar refractivity (Wildman–Crippen MR) is 147 cm³/mol. The van der Waals surface area contributed by atoms with Crippen molar-refractivity contribution >= 4 is 40.3 Å². The molecule has 3 heterocycles. The number of aryl methyl sites for hydroxylation is 1. The van der Waals surface area contributed by atoms with Crippen LogP contribution in [0.2, 0.25) is 0 Å². The second kappa shape index (κ2) is 11.8. The highest BCUT2D eigenvalue weighted by Gasteiger charge is 2.30. The number of fused-ring (bicyclic) bond motifs is 1. The van der Waals surface area contributed by atoms with Crippen LogP contribution in [0, 0.1) is 6.92 Å². The van der Waals surface area contributed by atoms with Crippen molar-refractivity contribution in [1.82, 2.24) is 25.4 Å². The highest BCUT2D eigenvalue weighted by atomic mass is 16.5. The number of nitrogens with zero attached hydrogens (tertiary/aromatic N) is 2. The number of imide groups is 1. The van der Waals surface area contributed by atoms with Gasteiger partial charge in [0.1, 0.15) is 11.8 Å². The molecule has 1 unspecified atom stereocenters. The summed E-state index contributed by atoms with van der Waals surface area (Å²) in [4.78, 5) is 50.8. The molecule has 12 nitrogen and oxygen atoms in total. The quantitative estimate of drug-likeness (QED) is 0.170. The van der Waals surface area contributed by atoms with Crippen LogP contribution in [-0.4, -0.2) is 71.1 Å². The van der Waals surface area contributed by atoms with Gasteiger partial charge >= 0.3 is 12.0 Å². The SMILES string of the molecule is Cc1ccc(NC(=O)NCc2ccc3c(O)n(C4CCC(=O)NC4=O)cc3c2)cc1OC(=O)CN1CCNCC1. The van der Waals surface area contributed by atoms with Crippen LogP contribution < -0.4 is 26.0 Å². The van der Waals surface area contributed by atoms with Gasteiger partial charge in [0.25, 0.3) is 0 Å². The average molecular weight is 549 g/mol. The Hall–Kier alpha value is -4.42. The molecule has 5 N–H and O–H groups in total. The molecule has 5 rings (SSSR count). The molecule has 210 valence electrons. The molecule has 0 bridgehead atoms. The minimum Gasteiger partial charge on any atom is -0.494 e. The van der Waals surface area contributed by atoms with E-state index in [4.69, 9.17) is 4.74 Å². The molecule has 0 radical (unpaired) electrons. The number of hydrogen-bond acceptors (Lipinski definition) is 8. The fraction of sp³-hybridized carbons (Fsp3) is 0.357. The molecule has 0 spiro atoms. The smallest absolute Gasteiger partial charge is 0.325 e. The van der Waals surface area contributed by atoms with Gasteiger partial charge in [-0.1, -0.05) is 12.1 Å². The minimum absolute atomic E-state index is 0.0504. The van der Waals surface area contributed by atoms with Crippen molar-refractivity contribution in [1.29, 1.82) is 0 Å². The number of nitrogens with one attached hydrogen (secondary N) is 4. The number of benzene rings is 2. The summed E-state index contributed by atoms with van der Waals surface area (Å²) in [6.45, 7) is 5.51. The highest BCUT2D eigenvalue weighted by molar-refractivity contribution is 6.00. The average Bonchev–Trinajstić information content (AvgIpc) is 3.25. The molecule has 0 aliphatic carbocycles. The molecule has 1 atom stereocenters. The number of urea groups is 1. The summed E-state index contributed by atoms with van der Waals surface area (Å²) in [7, 11) is 0. The topological polar surface area (TPSA) is 154 Å². The van der Waals surface area contributed by atoms with E-state index in [-0.39, 0.29) is 37.3 Å². The standard InChI is InChI=1S/C28H32N6O6/c1-17-2-4-20(13-23(17)40-25(36)16-33-10-8-29-9-11-33)31-28(39)30-14-18-3-5-21-19(12-18)15-34(27(21)38)22-6-7-24(35)32-26(22)37/h2-5,12-13,15,22,29,38H,6-11,14,16H2,1H3,(H2,30,31,39)(H,32,35,37). The molecule has 40 heavy (non-hydrogen) atoms. The van der Waals surface area contributed by atoms with Gasteiger partial charge in [-0.2, -0.15) is 0 Å². The molecule has 3 aromatic rings. The van der Waals surface area contributed by atoms with Crippen molar-refractivity contribution in [2.75, 3.05) is 38.0 Å². The number of carbonyl (C=O) groups is 4. The number of aromatic nitrogens is 1. The van der Waals surface area contributed by atoms with Gasteiger partial charge in [-0.05, 0) is 42.7 Å². The van der Waals surface area contributed by atoms with Gasteiger partial charge < -0.3 is 30.4 Å². The molecular weight excluding hydrogens is 516 g/mol. The maximum absolute atomic E-state index is 12.6. The number of rotatable bonds is 7. The van der Waals surface area contributed by atoms with E-state index in [1.807, 2.05) is 17.9 Å². The van der Waals surface area contributed by atoms with Crippen molar-refractivity contribution in [2.24, 2.45) is 0 Å². The first-order valence-corrected chi connectivity index (χ1v) is 13.2. The van der Waals surface area contributed by atoms with Crippen molar-refractivity contribution in [3.8, 4) is 11.6 Å². The first kappa shape index (κ1) is 27.2. The second-order valence-corrected chi connectivity index (χ2v) is 10.0. The molecule has 2 aliphatic heterocycles. The third-order valence-corrected chi connectivity index (χ3v) is 7.11. The van der Waals surface area contributed by atoms with E-state index in [9.17, 15) is 24.3 Å². The van der Waals surface area contributed by atoms with E-state index in [0.717, 1.165) is 37.3 Å². The lowest BCUT2D eigenvalue weighted by Crippen LogP contribution is -2.46. The van der Waals surface area contributed by atoms with Gasteiger partial charge in [0.05, 0.1) is 6.54 Å². The summed E-state index contributed by atoms with van der Waals surface area (Å²) < 4.78 is 7.04. The van der Waals surface area contributed by atoms with Gasteiger partial charge in [-0.25, -0.2) is 4.79 Å². The maximum Gasteiger partial charge on any atom is 0.325 e. The lowest BCUT2D eigenvalue weighted by Gasteiger charge is -2.26. The zero-order valence-electron chi connectivity index (χ0n) is 22.2.